The fourth-order valence-corrected chi connectivity index (χ4v) is 2.59. The van der Waals surface area contributed by atoms with E-state index in [0.29, 0.717) is 0 Å². The Bertz CT molecular complexity index is 428. The Morgan fingerprint density at radius 3 is 2.05 bits per heavy atom. The molecule has 0 aliphatic rings. The molecule has 0 aromatic heterocycles. The number of hydrogen-bond donors (Lipinski definition) is 1. The van der Waals surface area contributed by atoms with Crippen LogP contribution in [0.15, 0.2) is 43.0 Å². The smallest absolute Gasteiger partial charge is 0.0978 e. The fraction of sp³-hybridized carbons (Fsp3) is 0.467. The highest BCUT2D eigenvalue weighted by atomic mass is 32.2. The zero-order chi connectivity index (χ0) is 13.8. The number of hydrogen-bond acceptors (Lipinski definition) is 1. The topological polar surface area (TPSA) is 92.1 Å². The highest BCUT2D eigenvalue weighted by molar-refractivity contribution is 7.84. The Labute approximate surface area is 124 Å². The quantitative estimate of drug-likeness (QED) is 0.826. The van der Waals surface area contributed by atoms with Gasteiger partial charge in [0.15, 0.2) is 0 Å². The van der Waals surface area contributed by atoms with Crippen molar-refractivity contribution in [3.63, 3.8) is 0 Å². The molecule has 0 fully saturated rings. The Hall–Kier alpha value is -1.01. The molecule has 0 aliphatic heterocycles. The van der Waals surface area contributed by atoms with Gasteiger partial charge in [-0.1, -0.05) is 36.4 Å². The predicted octanol–water partition coefficient (Wildman–Crippen LogP) is 1.88. The van der Waals surface area contributed by atoms with Crippen LogP contribution in [0.5, 0.6) is 0 Å². The van der Waals surface area contributed by atoms with E-state index in [-0.39, 0.29) is 21.2 Å². The van der Waals surface area contributed by atoms with Gasteiger partial charge in [-0.15, -0.1) is 6.58 Å². The summed E-state index contributed by atoms with van der Waals surface area (Å²) in [6, 6.07) is 10.1. The molecule has 0 heterocycles. The summed E-state index contributed by atoms with van der Waals surface area (Å²) in [7, 11) is -1.11. The largest absolute Gasteiger partial charge is 0.412 e. The first-order valence-electron chi connectivity index (χ1n) is 6.16. The van der Waals surface area contributed by atoms with Gasteiger partial charge in [-0.3, -0.25) is 0 Å². The zero-order valence-corrected chi connectivity index (χ0v) is 13.5. The maximum Gasteiger partial charge on any atom is 0.0978 e. The molecule has 5 N–H and O–H groups in total. The van der Waals surface area contributed by atoms with Gasteiger partial charge in [-0.25, -0.2) is 8.93 Å². The summed E-state index contributed by atoms with van der Waals surface area (Å²) < 4.78 is 15.3. The molecular formula is C15H27NO3S. The van der Waals surface area contributed by atoms with Crippen LogP contribution in [0.3, 0.4) is 0 Å². The predicted molar refractivity (Wildman–Crippen MR) is 86.9 cm³/mol. The van der Waals surface area contributed by atoms with Crippen LogP contribution < -0.4 is 4.72 Å². The van der Waals surface area contributed by atoms with E-state index in [1.54, 1.807) is 0 Å². The third-order valence-corrected chi connectivity index (χ3v) is 4.59. The average molecular weight is 301 g/mol. The maximum atomic E-state index is 12.3. The first-order valence-corrected chi connectivity index (χ1v) is 7.31. The summed E-state index contributed by atoms with van der Waals surface area (Å²) in [6.45, 7) is 11.8. The molecule has 1 aromatic rings. The molecule has 0 saturated heterocycles. The molecule has 0 radical (unpaired) electrons. The van der Waals surface area contributed by atoms with E-state index in [9.17, 15) is 4.21 Å². The van der Waals surface area contributed by atoms with Crippen molar-refractivity contribution in [3.8, 4) is 0 Å². The van der Waals surface area contributed by atoms with Crippen LogP contribution in [-0.4, -0.2) is 19.9 Å². The molecule has 116 valence electrons. The molecule has 1 rings (SSSR count). The first-order chi connectivity index (χ1) is 8.29. The van der Waals surface area contributed by atoms with Crippen LogP contribution in [-0.2, 0) is 16.5 Å². The molecule has 0 unspecified atom stereocenters. The van der Waals surface area contributed by atoms with Gasteiger partial charge in [0.1, 0.15) is 0 Å². The standard InChI is InChI=1S/C15H23NOS.2H2O/c1-6-12-15(5,13-10-8-7-9-11-13)16-18(17)14(2,3)4;;/h6-11,16H,1,12H2,2-5H3;2*1H2/t15-,18+;;/m0../s1. The summed E-state index contributed by atoms with van der Waals surface area (Å²) in [4.78, 5) is 0. The van der Waals surface area contributed by atoms with Crippen LogP contribution in [0, 0.1) is 0 Å². The number of nitrogens with one attached hydrogen (secondary N) is 1. The van der Waals surface area contributed by atoms with Crippen LogP contribution in [0.2, 0.25) is 0 Å². The fourth-order valence-electron chi connectivity index (χ4n) is 1.67. The van der Waals surface area contributed by atoms with Gasteiger partial charge in [0.05, 0.1) is 21.3 Å². The van der Waals surface area contributed by atoms with E-state index in [2.05, 4.69) is 30.4 Å². The lowest BCUT2D eigenvalue weighted by molar-refractivity contribution is 0.446. The third kappa shape index (κ3) is 5.54. The molecule has 0 bridgehead atoms. The third-order valence-electron chi connectivity index (χ3n) is 2.84. The van der Waals surface area contributed by atoms with Gasteiger partial charge in [0.2, 0.25) is 0 Å². The zero-order valence-electron chi connectivity index (χ0n) is 12.7. The molecule has 1 aromatic carbocycles. The summed E-state index contributed by atoms with van der Waals surface area (Å²) in [5.41, 5.74) is 0.781. The molecular weight excluding hydrogens is 274 g/mol. The minimum atomic E-state index is -1.11. The Morgan fingerprint density at radius 1 is 1.15 bits per heavy atom. The van der Waals surface area contributed by atoms with Crippen molar-refractivity contribution in [3.05, 3.63) is 48.6 Å². The highest BCUT2D eigenvalue weighted by Gasteiger charge is 2.31. The average Bonchev–Trinajstić information content (AvgIpc) is 2.29. The SMILES string of the molecule is C=CC[C@](C)(N[S@](=O)C(C)(C)C)c1ccccc1.O.O. The van der Waals surface area contributed by atoms with Gasteiger partial charge in [-0.2, -0.15) is 0 Å². The van der Waals surface area contributed by atoms with Crippen LogP contribution >= 0.6 is 0 Å². The summed E-state index contributed by atoms with van der Waals surface area (Å²) in [6.07, 6.45) is 2.60. The molecule has 2 atom stereocenters. The number of benzene rings is 1. The van der Waals surface area contributed by atoms with Gasteiger partial charge in [0, 0.05) is 0 Å². The Balaban J connectivity index is 0. The molecule has 0 aliphatic carbocycles. The van der Waals surface area contributed by atoms with Crippen molar-refractivity contribution in [2.24, 2.45) is 0 Å². The Kier molecular flexibility index (Phi) is 8.85. The van der Waals surface area contributed by atoms with Gasteiger partial charge in [-0.05, 0) is 39.7 Å². The van der Waals surface area contributed by atoms with Crippen molar-refractivity contribution in [2.45, 2.75) is 44.4 Å². The van der Waals surface area contributed by atoms with E-state index < -0.39 is 11.0 Å². The van der Waals surface area contributed by atoms with Crippen molar-refractivity contribution < 1.29 is 15.2 Å². The molecule has 5 heteroatoms. The van der Waals surface area contributed by atoms with Gasteiger partial charge < -0.3 is 11.0 Å². The molecule has 0 saturated carbocycles. The van der Waals surface area contributed by atoms with Crippen LogP contribution in [0.1, 0.15) is 39.7 Å². The van der Waals surface area contributed by atoms with Crippen LogP contribution in [0.25, 0.3) is 0 Å². The number of rotatable bonds is 5. The van der Waals surface area contributed by atoms with Crippen LogP contribution in [0.4, 0.5) is 0 Å². The summed E-state index contributed by atoms with van der Waals surface area (Å²) >= 11 is 0. The van der Waals surface area contributed by atoms with Crippen molar-refractivity contribution in [1.82, 2.24) is 4.72 Å². The van der Waals surface area contributed by atoms with Gasteiger partial charge in [0.25, 0.3) is 0 Å². The minimum Gasteiger partial charge on any atom is -0.412 e. The summed E-state index contributed by atoms with van der Waals surface area (Å²) in [5, 5.41) is 0. The molecule has 4 nitrogen and oxygen atoms in total. The second kappa shape index (κ2) is 8.32. The van der Waals surface area contributed by atoms with E-state index in [4.69, 9.17) is 0 Å². The van der Waals surface area contributed by atoms with Crippen molar-refractivity contribution >= 4 is 11.0 Å². The summed E-state index contributed by atoms with van der Waals surface area (Å²) in [5.74, 6) is 0. The second-order valence-corrected chi connectivity index (χ2v) is 7.64. The van der Waals surface area contributed by atoms with Gasteiger partial charge >= 0.3 is 0 Å². The van der Waals surface area contributed by atoms with Crippen molar-refractivity contribution in [1.29, 1.82) is 0 Å². The normalized spacial score (nSPS) is 15.2. The molecule has 0 amide bonds. The van der Waals surface area contributed by atoms with Crippen molar-refractivity contribution in [2.75, 3.05) is 0 Å². The lowest BCUT2D eigenvalue weighted by Crippen LogP contribution is -2.45. The van der Waals surface area contributed by atoms with E-state index in [0.717, 1.165) is 12.0 Å². The van der Waals surface area contributed by atoms with E-state index >= 15 is 0 Å². The lowest BCUT2D eigenvalue weighted by Gasteiger charge is -2.33. The second-order valence-electron chi connectivity index (χ2n) is 5.67. The highest BCUT2D eigenvalue weighted by Crippen LogP contribution is 2.27. The lowest BCUT2D eigenvalue weighted by atomic mass is 9.90. The van der Waals surface area contributed by atoms with E-state index in [1.165, 1.54) is 0 Å². The first kappa shape index (κ1) is 21.3. The molecule has 20 heavy (non-hydrogen) atoms. The minimum absolute atomic E-state index is 0. The molecule has 0 spiro atoms. The Morgan fingerprint density at radius 2 is 1.65 bits per heavy atom. The maximum absolute atomic E-state index is 12.3. The monoisotopic (exact) mass is 301 g/mol. The van der Waals surface area contributed by atoms with E-state index in [1.807, 2.05) is 45.0 Å².